The average Bonchev–Trinajstić information content (AvgIpc) is 2.74. The van der Waals surface area contributed by atoms with Gasteiger partial charge in [0.2, 0.25) is 0 Å². The van der Waals surface area contributed by atoms with E-state index in [1.807, 2.05) is 0 Å². The van der Waals surface area contributed by atoms with Gasteiger partial charge in [0, 0.05) is 6.54 Å². The SMILES string of the molecule is CCCC(C)COc1nc(CNCC(C)C)co1. The van der Waals surface area contributed by atoms with Gasteiger partial charge in [-0.15, -0.1) is 0 Å². The molecule has 1 N–H and O–H groups in total. The van der Waals surface area contributed by atoms with Crippen molar-refractivity contribution in [3.8, 4) is 6.08 Å². The number of hydrogen-bond donors (Lipinski definition) is 1. The molecule has 4 heteroatoms. The third-order valence-corrected chi connectivity index (χ3v) is 2.66. The predicted octanol–water partition coefficient (Wildman–Crippen LogP) is 3.24. The topological polar surface area (TPSA) is 47.3 Å². The van der Waals surface area contributed by atoms with Crippen LogP contribution in [-0.4, -0.2) is 18.1 Å². The Bertz CT molecular complexity index is 323. The molecule has 0 fully saturated rings. The maximum atomic E-state index is 5.52. The molecule has 104 valence electrons. The van der Waals surface area contributed by atoms with Gasteiger partial charge < -0.3 is 14.5 Å². The van der Waals surface area contributed by atoms with E-state index in [-0.39, 0.29) is 0 Å². The fraction of sp³-hybridized carbons (Fsp3) is 0.786. The van der Waals surface area contributed by atoms with E-state index in [4.69, 9.17) is 9.15 Å². The zero-order chi connectivity index (χ0) is 13.4. The second kappa shape index (κ2) is 8.14. The molecule has 0 spiro atoms. The second-order valence-electron chi connectivity index (χ2n) is 5.33. The molecule has 1 rings (SSSR count). The standard InChI is InChI=1S/C14H26N2O2/c1-5-6-12(4)9-17-14-16-13(10-18-14)8-15-7-11(2)3/h10-12,15H,5-9H2,1-4H3. The highest BCUT2D eigenvalue weighted by Gasteiger charge is 2.07. The molecule has 4 nitrogen and oxygen atoms in total. The van der Waals surface area contributed by atoms with Crippen LogP contribution in [-0.2, 0) is 6.54 Å². The molecule has 0 saturated carbocycles. The molecule has 0 aliphatic carbocycles. The van der Waals surface area contributed by atoms with Crippen molar-refractivity contribution in [2.75, 3.05) is 13.2 Å². The fourth-order valence-electron chi connectivity index (χ4n) is 1.71. The Balaban J connectivity index is 2.25. The molecule has 1 unspecified atom stereocenters. The highest BCUT2D eigenvalue weighted by Crippen LogP contribution is 2.13. The van der Waals surface area contributed by atoms with E-state index in [0.717, 1.165) is 18.8 Å². The smallest absolute Gasteiger partial charge is 0.393 e. The summed E-state index contributed by atoms with van der Waals surface area (Å²) in [6, 6.07) is 0. The highest BCUT2D eigenvalue weighted by atomic mass is 16.6. The van der Waals surface area contributed by atoms with Crippen LogP contribution in [0.15, 0.2) is 10.7 Å². The average molecular weight is 254 g/mol. The van der Waals surface area contributed by atoms with E-state index >= 15 is 0 Å². The molecule has 1 heterocycles. The van der Waals surface area contributed by atoms with Crippen LogP contribution in [0.4, 0.5) is 0 Å². The first-order chi connectivity index (χ1) is 8.61. The van der Waals surface area contributed by atoms with Crippen molar-refractivity contribution < 1.29 is 9.15 Å². The van der Waals surface area contributed by atoms with Crippen molar-refractivity contribution in [1.82, 2.24) is 10.3 Å². The molecule has 0 aliphatic rings. The van der Waals surface area contributed by atoms with Crippen LogP contribution in [0.5, 0.6) is 6.08 Å². The van der Waals surface area contributed by atoms with Gasteiger partial charge in [-0.25, -0.2) is 0 Å². The fourth-order valence-corrected chi connectivity index (χ4v) is 1.71. The maximum absolute atomic E-state index is 5.52. The molecule has 0 aliphatic heterocycles. The van der Waals surface area contributed by atoms with Crippen molar-refractivity contribution in [3.05, 3.63) is 12.0 Å². The zero-order valence-corrected chi connectivity index (χ0v) is 12.0. The first kappa shape index (κ1) is 15.0. The van der Waals surface area contributed by atoms with Crippen molar-refractivity contribution in [3.63, 3.8) is 0 Å². The molecule has 0 aromatic carbocycles. The summed E-state index contributed by atoms with van der Waals surface area (Å²) in [5, 5.41) is 3.32. The minimum atomic E-state index is 0.388. The van der Waals surface area contributed by atoms with Crippen molar-refractivity contribution >= 4 is 0 Å². The summed E-state index contributed by atoms with van der Waals surface area (Å²) in [7, 11) is 0. The molecule has 1 aromatic heterocycles. The normalized spacial score (nSPS) is 12.9. The number of aromatic nitrogens is 1. The Morgan fingerprint density at radius 2 is 2.17 bits per heavy atom. The van der Waals surface area contributed by atoms with Crippen molar-refractivity contribution in [2.24, 2.45) is 11.8 Å². The summed E-state index contributed by atoms with van der Waals surface area (Å²) in [6.07, 6.45) is 4.40. The number of ether oxygens (including phenoxy) is 1. The lowest BCUT2D eigenvalue weighted by atomic mass is 10.1. The van der Waals surface area contributed by atoms with Crippen molar-refractivity contribution in [1.29, 1.82) is 0 Å². The molecule has 0 amide bonds. The van der Waals surface area contributed by atoms with E-state index in [1.165, 1.54) is 12.8 Å². The van der Waals surface area contributed by atoms with Crippen LogP contribution >= 0.6 is 0 Å². The minimum Gasteiger partial charge on any atom is -0.450 e. The third-order valence-electron chi connectivity index (χ3n) is 2.66. The summed E-state index contributed by atoms with van der Waals surface area (Å²) in [4.78, 5) is 4.29. The Labute approximate surface area is 110 Å². The number of nitrogens with one attached hydrogen (secondary N) is 1. The molecule has 1 aromatic rings. The van der Waals surface area contributed by atoms with E-state index in [2.05, 4.69) is 38.0 Å². The van der Waals surface area contributed by atoms with Crippen LogP contribution < -0.4 is 10.1 Å². The van der Waals surface area contributed by atoms with E-state index in [0.29, 0.717) is 24.5 Å². The molecular formula is C14H26N2O2. The lowest BCUT2D eigenvalue weighted by Gasteiger charge is -2.08. The van der Waals surface area contributed by atoms with Crippen LogP contribution in [0.2, 0.25) is 0 Å². The Hall–Kier alpha value is -1.03. The van der Waals surface area contributed by atoms with Gasteiger partial charge >= 0.3 is 6.08 Å². The van der Waals surface area contributed by atoms with Crippen molar-refractivity contribution in [2.45, 2.75) is 47.1 Å². The zero-order valence-electron chi connectivity index (χ0n) is 12.0. The minimum absolute atomic E-state index is 0.388. The number of hydrogen-bond acceptors (Lipinski definition) is 4. The van der Waals surface area contributed by atoms with E-state index in [9.17, 15) is 0 Å². The molecule has 0 saturated heterocycles. The lowest BCUT2D eigenvalue weighted by Crippen LogP contribution is -2.19. The van der Waals surface area contributed by atoms with Gasteiger partial charge in [0.25, 0.3) is 0 Å². The van der Waals surface area contributed by atoms with E-state index < -0.39 is 0 Å². The summed E-state index contributed by atoms with van der Waals surface area (Å²) in [6.45, 7) is 11.1. The van der Waals surface area contributed by atoms with Crippen LogP contribution in [0, 0.1) is 11.8 Å². The monoisotopic (exact) mass is 254 g/mol. The van der Waals surface area contributed by atoms with Gasteiger partial charge in [-0.05, 0) is 24.8 Å². The Morgan fingerprint density at radius 1 is 1.39 bits per heavy atom. The molecule has 18 heavy (non-hydrogen) atoms. The number of nitrogens with zero attached hydrogens (tertiary/aromatic N) is 1. The molecular weight excluding hydrogens is 228 g/mol. The Morgan fingerprint density at radius 3 is 2.83 bits per heavy atom. The molecule has 0 bridgehead atoms. The summed E-state index contributed by atoms with van der Waals surface area (Å²) in [5.41, 5.74) is 0.897. The van der Waals surface area contributed by atoms with Crippen LogP contribution in [0.3, 0.4) is 0 Å². The highest BCUT2D eigenvalue weighted by molar-refractivity contribution is 4.99. The van der Waals surface area contributed by atoms with Gasteiger partial charge in [0.05, 0.1) is 12.3 Å². The molecule has 1 atom stereocenters. The van der Waals surface area contributed by atoms with Gasteiger partial charge in [-0.2, -0.15) is 4.98 Å². The summed E-state index contributed by atoms with van der Waals surface area (Å²) >= 11 is 0. The quantitative estimate of drug-likeness (QED) is 0.735. The number of oxazole rings is 1. The first-order valence-corrected chi connectivity index (χ1v) is 6.89. The van der Waals surface area contributed by atoms with Gasteiger partial charge in [-0.3, -0.25) is 0 Å². The van der Waals surface area contributed by atoms with Crippen LogP contribution in [0.25, 0.3) is 0 Å². The summed E-state index contributed by atoms with van der Waals surface area (Å²) < 4.78 is 10.8. The second-order valence-corrected chi connectivity index (χ2v) is 5.33. The first-order valence-electron chi connectivity index (χ1n) is 6.89. The third kappa shape index (κ3) is 6.05. The lowest BCUT2D eigenvalue weighted by molar-refractivity contribution is 0.190. The Kier molecular flexibility index (Phi) is 6.80. The maximum Gasteiger partial charge on any atom is 0.393 e. The van der Waals surface area contributed by atoms with E-state index in [1.54, 1.807) is 6.26 Å². The largest absolute Gasteiger partial charge is 0.450 e. The number of rotatable bonds is 9. The van der Waals surface area contributed by atoms with Gasteiger partial charge in [-0.1, -0.05) is 34.1 Å². The van der Waals surface area contributed by atoms with Crippen LogP contribution in [0.1, 0.15) is 46.2 Å². The van der Waals surface area contributed by atoms with Gasteiger partial charge in [0.15, 0.2) is 0 Å². The summed E-state index contributed by atoms with van der Waals surface area (Å²) in [5.74, 6) is 1.19. The predicted molar refractivity (Wildman–Crippen MR) is 72.6 cm³/mol. The molecule has 0 radical (unpaired) electrons. The van der Waals surface area contributed by atoms with Gasteiger partial charge in [0.1, 0.15) is 6.26 Å².